The molecule has 2 aromatic rings. The summed E-state index contributed by atoms with van der Waals surface area (Å²) < 4.78 is 23.7. The SMILES string of the molecule is CC(C)(C)c1ccc(OCC(=O)OCC(=O)Nc2cc(Cl)ccc2F)cc1. The van der Waals surface area contributed by atoms with Gasteiger partial charge in [-0.2, -0.15) is 0 Å². The highest BCUT2D eigenvalue weighted by molar-refractivity contribution is 6.30. The molecule has 2 aromatic carbocycles. The van der Waals surface area contributed by atoms with Crippen molar-refractivity contribution in [3.05, 3.63) is 58.9 Å². The molecule has 1 amide bonds. The topological polar surface area (TPSA) is 64.6 Å². The van der Waals surface area contributed by atoms with Crippen molar-refractivity contribution in [1.82, 2.24) is 0 Å². The van der Waals surface area contributed by atoms with Crippen molar-refractivity contribution in [2.75, 3.05) is 18.5 Å². The Balaban J connectivity index is 1.77. The van der Waals surface area contributed by atoms with Crippen molar-refractivity contribution >= 4 is 29.2 Å². The van der Waals surface area contributed by atoms with Crippen LogP contribution in [0.25, 0.3) is 0 Å². The number of esters is 1. The van der Waals surface area contributed by atoms with E-state index in [9.17, 15) is 14.0 Å². The molecule has 0 radical (unpaired) electrons. The molecule has 2 rings (SSSR count). The summed E-state index contributed by atoms with van der Waals surface area (Å²) in [5.41, 5.74) is 1.08. The molecule has 0 bridgehead atoms. The largest absolute Gasteiger partial charge is 0.482 e. The van der Waals surface area contributed by atoms with Crippen LogP contribution in [0.1, 0.15) is 26.3 Å². The Morgan fingerprint density at radius 1 is 1.07 bits per heavy atom. The first-order chi connectivity index (χ1) is 12.6. The molecular formula is C20H21ClFNO4. The van der Waals surface area contributed by atoms with Gasteiger partial charge in [-0.25, -0.2) is 9.18 Å². The maximum atomic E-state index is 13.5. The van der Waals surface area contributed by atoms with Gasteiger partial charge >= 0.3 is 5.97 Å². The normalized spacial score (nSPS) is 11.0. The van der Waals surface area contributed by atoms with Crippen molar-refractivity contribution in [3.8, 4) is 5.75 Å². The number of ether oxygens (including phenoxy) is 2. The lowest BCUT2D eigenvalue weighted by molar-refractivity contribution is -0.149. The summed E-state index contributed by atoms with van der Waals surface area (Å²) in [7, 11) is 0. The summed E-state index contributed by atoms with van der Waals surface area (Å²) >= 11 is 5.74. The van der Waals surface area contributed by atoms with E-state index in [4.69, 9.17) is 21.1 Å². The maximum absolute atomic E-state index is 13.5. The number of halogens is 2. The van der Waals surface area contributed by atoms with Gasteiger partial charge in [0.25, 0.3) is 5.91 Å². The lowest BCUT2D eigenvalue weighted by Crippen LogP contribution is -2.24. The highest BCUT2D eigenvalue weighted by Gasteiger charge is 2.14. The minimum Gasteiger partial charge on any atom is -0.482 e. The van der Waals surface area contributed by atoms with E-state index in [-0.39, 0.29) is 22.7 Å². The van der Waals surface area contributed by atoms with Crippen LogP contribution in [0.2, 0.25) is 5.02 Å². The smallest absolute Gasteiger partial charge is 0.344 e. The second-order valence-electron chi connectivity index (χ2n) is 6.90. The summed E-state index contributed by atoms with van der Waals surface area (Å²) in [5.74, 6) is -1.51. The van der Waals surface area contributed by atoms with E-state index in [1.807, 2.05) is 12.1 Å². The molecule has 0 aromatic heterocycles. The molecule has 0 fully saturated rings. The van der Waals surface area contributed by atoms with Crippen LogP contribution in [0.4, 0.5) is 10.1 Å². The first-order valence-corrected chi connectivity index (χ1v) is 8.67. The van der Waals surface area contributed by atoms with Gasteiger partial charge in [-0.05, 0) is 41.3 Å². The van der Waals surface area contributed by atoms with Crippen molar-refractivity contribution in [2.45, 2.75) is 26.2 Å². The maximum Gasteiger partial charge on any atom is 0.344 e. The number of nitrogens with one attached hydrogen (secondary N) is 1. The van der Waals surface area contributed by atoms with Crippen LogP contribution in [0.3, 0.4) is 0 Å². The predicted molar refractivity (Wildman–Crippen MR) is 102 cm³/mol. The summed E-state index contributed by atoms with van der Waals surface area (Å²) in [6, 6.07) is 11.1. The Labute approximate surface area is 162 Å². The molecule has 0 aliphatic heterocycles. The number of rotatable bonds is 6. The van der Waals surface area contributed by atoms with Gasteiger partial charge in [0.2, 0.25) is 0 Å². The minimum absolute atomic E-state index is 0.0211. The standard InChI is InChI=1S/C20H21ClFNO4/c1-20(2,3)13-4-7-15(8-5-13)26-12-19(25)27-11-18(24)23-17-10-14(21)6-9-16(17)22/h4-10H,11-12H2,1-3H3,(H,23,24). The van der Waals surface area contributed by atoms with E-state index in [0.717, 1.165) is 11.6 Å². The van der Waals surface area contributed by atoms with E-state index >= 15 is 0 Å². The van der Waals surface area contributed by atoms with E-state index in [1.165, 1.54) is 12.1 Å². The highest BCUT2D eigenvalue weighted by atomic mass is 35.5. The lowest BCUT2D eigenvalue weighted by Gasteiger charge is -2.19. The quantitative estimate of drug-likeness (QED) is 0.741. The van der Waals surface area contributed by atoms with Crippen molar-refractivity contribution in [3.63, 3.8) is 0 Å². The van der Waals surface area contributed by atoms with E-state index in [1.54, 1.807) is 12.1 Å². The predicted octanol–water partition coefficient (Wildman–Crippen LogP) is 4.34. The van der Waals surface area contributed by atoms with Gasteiger partial charge in [-0.1, -0.05) is 44.5 Å². The molecule has 0 aliphatic carbocycles. The molecule has 144 valence electrons. The molecule has 5 nitrogen and oxygen atoms in total. The van der Waals surface area contributed by atoms with Gasteiger partial charge in [0.1, 0.15) is 11.6 Å². The van der Waals surface area contributed by atoms with Crippen LogP contribution >= 0.6 is 11.6 Å². The number of anilines is 1. The van der Waals surface area contributed by atoms with Crippen molar-refractivity contribution in [2.24, 2.45) is 0 Å². The Morgan fingerprint density at radius 2 is 1.74 bits per heavy atom. The second-order valence-corrected chi connectivity index (χ2v) is 7.33. The average molecular weight is 394 g/mol. The molecule has 0 heterocycles. The molecule has 0 spiro atoms. The van der Waals surface area contributed by atoms with Gasteiger partial charge in [0, 0.05) is 5.02 Å². The zero-order valence-electron chi connectivity index (χ0n) is 15.3. The fourth-order valence-corrected chi connectivity index (χ4v) is 2.33. The Hall–Kier alpha value is -2.60. The number of carbonyl (C=O) groups excluding carboxylic acids is 2. The third kappa shape index (κ3) is 6.57. The summed E-state index contributed by atoms with van der Waals surface area (Å²) in [6.07, 6.45) is 0. The zero-order valence-corrected chi connectivity index (χ0v) is 16.1. The van der Waals surface area contributed by atoms with Crippen LogP contribution in [-0.2, 0) is 19.7 Å². The number of hydrogen-bond acceptors (Lipinski definition) is 4. The summed E-state index contributed by atoms with van der Waals surface area (Å²) in [5, 5.41) is 2.56. The molecule has 0 saturated heterocycles. The van der Waals surface area contributed by atoms with Crippen molar-refractivity contribution < 1.29 is 23.5 Å². The highest BCUT2D eigenvalue weighted by Crippen LogP contribution is 2.24. The lowest BCUT2D eigenvalue weighted by atomic mass is 9.87. The second kappa shape index (κ2) is 8.86. The molecule has 0 unspecified atom stereocenters. The number of benzene rings is 2. The van der Waals surface area contributed by atoms with Crippen LogP contribution in [-0.4, -0.2) is 25.1 Å². The fraction of sp³-hybridized carbons (Fsp3) is 0.300. The fourth-order valence-electron chi connectivity index (χ4n) is 2.16. The number of amides is 1. The average Bonchev–Trinajstić information content (AvgIpc) is 2.61. The first kappa shape index (κ1) is 20.7. The van der Waals surface area contributed by atoms with Gasteiger partial charge in [-0.15, -0.1) is 0 Å². The van der Waals surface area contributed by atoms with Gasteiger partial charge < -0.3 is 14.8 Å². The summed E-state index contributed by atoms with van der Waals surface area (Å²) in [6.45, 7) is 5.40. The molecule has 1 N–H and O–H groups in total. The Morgan fingerprint density at radius 3 is 2.37 bits per heavy atom. The first-order valence-electron chi connectivity index (χ1n) is 8.29. The molecule has 27 heavy (non-hydrogen) atoms. The van der Waals surface area contributed by atoms with Crippen LogP contribution in [0.5, 0.6) is 5.75 Å². The molecule has 0 saturated carbocycles. The molecule has 0 atom stereocenters. The minimum atomic E-state index is -0.711. The zero-order chi connectivity index (χ0) is 20.0. The number of hydrogen-bond donors (Lipinski definition) is 1. The van der Waals surface area contributed by atoms with E-state index in [0.29, 0.717) is 5.75 Å². The summed E-state index contributed by atoms with van der Waals surface area (Å²) in [4.78, 5) is 23.4. The van der Waals surface area contributed by atoms with Gasteiger partial charge in [0.05, 0.1) is 5.69 Å². The third-order valence-corrected chi connectivity index (χ3v) is 3.88. The molecular weight excluding hydrogens is 373 g/mol. The third-order valence-electron chi connectivity index (χ3n) is 3.64. The monoisotopic (exact) mass is 393 g/mol. The number of carbonyl (C=O) groups is 2. The van der Waals surface area contributed by atoms with Crippen LogP contribution < -0.4 is 10.1 Å². The van der Waals surface area contributed by atoms with Crippen LogP contribution in [0.15, 0.2) is 42.5 Å². The van der Waals surface area contributed by atoms with Crippen molar-refractivity contribution in [1.29, 1.82) is 0 Å². The Kier molecular flexibility index (Phi) is 6.80. The van der Waals surface area contributed by atoms with E-state index < -0.39 is 24.3 Å². The van der Waals surface area contributed by atoms with Crippen LogP contribution in [0, 0.1) is 5.82 Å². The molecule has 0 aliphatic rings. The van der Waals surface area contributed by atoms with Gasteiger partial charge in [-0.3, -0.25) is 4.79 Å². The molecule has 7 heteroatoms. The Bertz CT molecular complexity index is 816. The van der Waals surface area contributed by atoms with Gasteiger partial charge in [0.15, 0.2) is 13.2 Å². The van der Waals surface area contributed by atoms with E-state index in [2.05, 4.69) is 26.1 Å².